The van der Waals surface area contributed by atoms with Gasteiger partial charge in [0, 0.05) is 20.2 Å². The third-order valence-electron chi connectivity index (χ3n) is 3.45. The largest absolute Gasteiger partial charge is 0.384 e. The maximum Gasteiger partial charge on any atom is 0.140 e. The molecule has 3 N–H and O–H groups in total. The number of anilines is 1. The Morgan fingerprint density at radius 2 is 2.42 bits per heavy atom. The fourth-order valence-electron chi connectivity index (χ4n) is 2.55. The molecule has 1 aromatic rings. The molecule has 1 aromatic heterocycles. The van der Waals surface area contributed by atoms with E-state index in [-0.39, 0.29) is 0 Å². The number of halogens is 1. The van der Waals surface area contributed by atoms with E-state index in [0.717, 1.165) is 31.9 Å². The molecule has 2 heterocycles. The molecule has 0 spiro atoms. The third-order valence-corrected chi connectivity index (χ3v) is 3.79. The van der Waals surface area contributed by atoms with Crippen molar-refractivity contribution >= 4 is 17.4 Å². The molecule has 0 radical (unpaired) electrons. The second kappa shape index (κ2) is 7.05. The number of rotatable bonds is 5. The van der Waals surface area contributed by atoms with E-state index in [9.17, 15) is 0 Å². The van der Waals surface area contributed by atoms with E-state index < -0.39 is 0 Å². The lowest BCUT2D eigenvalue weighted by molar-refractivity contribution is 0.0868. The van der Waals surface area contributed by atoms with Crippen molar-refractivity contribution in [3.05, 3.63) is 22.8 Å². The Labute approximate surface area is 119 Å². The topological polar surface area (TPSA) is 63.4 Å². The summed E-state index contributed by atoms with van der Waals surface area (Å²) in [6.07, 6.45) is 2.43. The molecule has 19 heavy (non-hydrogen) atoms. The molecule has 1 fully saturated rings. The number of nitrogens with zero attached hydrogens (tertiary/aromatic N) is 2. The Kier molecular flexibility index (Phi) is 5.39. The molecule has 2 rings (SSSR count). The van der Waals surface area contributed by atoms with Crippen LogP contribution in [-0.2, 0) is 11.3 Å². The highest BCUT2D eigenvalue weighted by Crippen LogP contribution is 2.22. The van der Waals surface area contributed by atoms with Gasteiger partial charge in [-0.05, 0) is 37.4 Å². The summed E-state index contributed by atoms with van der Waals surface area (Å²) in [6.45, 7) is 3.70. The number of likely N-dealkylation sites (tertiary alicyclic amines) is 1. The normalized spacial score (nSPS) is 20.5. The van der Waals surface area contributed by atoms with E-state index >= 15 is 0 Å². The number of pyridine rings is 1. The Morgan fingerprint density at radius 3 is 3.16 bits per heavy atom. The first-order valence-corrected chi connectivity index (χ1v) is 6.94. The van der Waals surface area contributed by atoms with Crippen LogP contribution in [0.4, 0.5) is 5.82 Å². The van der Waals surface area contributed by atoms with Crippen molar-refractivity contribution in [1.82, 2.24) is 9.88 Å². The maximum absolute atomic E-state index is 6.19. The van der Waals surface area contributed by atoms with Gasteiger partial charge < -0.3 is 10.2 Å². The van der Waals surface area contributed by atoms with Gasteiger partial charge in [-0.25, -0.2) is 10.8 Å². The van der Waals surface area contributed by atoms with Gasteiger partial charge in [0.2, 0.25) is 0 Å². The molecular weight excluding hydrogens is 264 g/mol. The van der Waals surface area contributed by atoms with E-state index in [4.69, 9.17) is 22.2 Å². The summed E-state index contributed by atoms with van der Waals surface area (Å²) in [5.41, 5.74) is 3.42. The van der Waals surface area contributed by atoms with E-state index in [0.29, 0.717) is 16.8 Å². The molecule has 6 heteroatoms. The predicted octanol–water partition coefficient (Wildman–Crippen LogP) is 1.88. The van der Waals surface area contributed by atoms with Crippen molar-refractivity contribution in [2.45, 2.75) is 19.4 Å². The van der Waals surface area contributed by atoms with Crippen LogP contribution < -0.4 is 11.3 Å². The summed E-state index contributed by atoms with van der Waals surface area (Å²) in [7, 11) is 1.76. The van der Waals surface area contributed by atoms with Crippen LogP contribution in [0.5, 0.6) is 0 Å². The summed E-state index contributed by atoms with van der Waals surface area (Å²) < 4.78 is 5.25. The van der Waals surface area contributed by atoms with Gasteiger partial charge in [0.15, 0.2) is 0 Å². The second-order valence-corrected chi connectivity index (χ2v) is 5.38. The average molecular weight is 285 g/mol. The lowest BCUT2D eigenvalue weighted by Gasteiger charge is -2.32. The minimum atomic E-state index is 0.605. The van der Waals surface area contributed by atoms with Gasteiger partial charge in [-0.1, -0.05) is 11.6 Å². The van der Waals surface area contributed by atoms with Gasteiger partial charge in [0.1, 0.15) is 5.82 Å². The zero-order valence-corrected chi connectivity index (χ0v) is 12.0. The molecule has 5 nitrogen and oxygen atoms in total. The lowest BCUT2D eigenvalue weighted by Crippen LogP contribution is -2.36. The van der Waals surface area contributed by atoms with Crippen LogP contribution in [0.15, 0.2) is 12.1 Å². The van der Waals surface area contributed by atoms with E-state index in [2.05, 4.69) is 15.3 Å². The molecule has 1 unspecified atom stereocenters. The van der Waals surface area contributed by atoms with Crippen molar-refractivity contribution in [2.75, 3.05) is 32.2 Å². The molecule has 1 aliphatic rings. The fraction of sp³-hybridized carbons (Fsp3) is 0.615. The molecule has 0 amide bonds. The summed E-state index contributed by atoms with van der Waals surface area (Å²) in [5, 5.41) is 0.688. The fourth-order valence-corrected chi connectivity index (χ4v) is 2.72. The number of hydrazine groups is 1. The molecule has 1 aliphatic heterocycles. The molecule has 0 bridgehead atoms. The monoisotopic (exact) mass is 284 g/mol. The molecule has 0 aliphatic carbocycles. The number of nitrogen functional groups attached to an aromatic ring is 1. The Balaban J connectivity index is 2.00. The number of aromatic nitrogens is 1. The SMILES string of the molecule is COCC1CCCN(Cc2nc(NN)ccc2Cl)C1. The average Bonchev–Trinajstić information content (AvgIpc) is 2.42. The molecule has 106 valence electrons. The van der Waals surface area contributed by atoms with E-state index in [1.54, 1.807) is 13.2 Å². The van der Waals surface area contributed by atoms with Gasteiger partial charge in [0.25, 0.3) is 0 Å². The number of methoxy groups -OCH3 is 1. The van der Waals surface area contributed by atoms with Gasteiger partial charge in [-0.15, -0.1) is 0 Å². The Hall–Kier alpha value is -0.880. The number of nitrogens with two attached hydrogens (primary N) is 1. The predicted molar refractivity (Wildman–Crippen MR) is 76.9 cm³/mol. The van der Waals surface area contributed by atoms with Crippen LogP contribution in [0.2, 0.25) is 5.02 Å². The van der Waals surface area contributed by atoms with Crippen LogP contribution >= 0.6 is 11.6 Å². The smallest absolute Gasteiger partial charge is 0.140 e. The minimum absolute atomic E-state index is 0.605. The van der Waals surface area contributed by atoms with Crippen molar-refractivity contribution in [3.8, 4) is 0 Å². The highest BCUT2D eigenvalue weighted by Gasteiger charge is 2.20. The van der Waals surface area contributed by atoms with Gasteiger partial charge in [-0.3, -0.25) is 4.90 Å². The molecular formula is C13H21ClN4O. The van der Waals surface area contributed by atoms with Crippen molar-refractivity contribution in [2.24, 2.45) is 11.8 Å². The van der Waals surface area contributed by atoms with Crippen molar-refractivity contribution < 1.29 is 4.74 Å². The molecule has 1 atom stereocenters. The quantitative estimate of drug-likeness (QED) is 0.638. The summed E-state index contributed by atoms with van der Waals surface area (Å²) in [6, 6.07) is 3.60. The molecule has 0 saturated carbocycles. The number of hydrogen-bond acceptors (Lipinski definition) is 5. The van der Waals surface area contributed by atoms with E-state index in [1.807, 2.05) is 6.07 Å². The first kappa shape index (κ1) is 14.5. The number of hydrogen-bond donors (Lipinski definition) is 2. The summed E-state index contributed by atoms with van der Waals surface area (Å²) >= 11 is 6.19. The van der Waals surface area contributed by atoms with Crippen LogP contribution in [0.25, 0.3) is 0 Å². The zero-order valence-electron chi connectivity index (χ0n) is 11.2. The van der Waals surface area contributed by atoms with Crippen LogP contribution in [0, 0.1) is 5.92 Å². The Bertz CT molecular complexity index is 414. The number of nitrogens with one attached hydrogen (secondary N) is 1. The maximum atomic E-state index is 6.19. The second-order valence-electron chi connectivity index (χ2n) is 4.97. The lowest BCUT2D eigenvalue weighted by atomic mass is 9.99. The molecule has 1 saturated heterocycles. The minimum Gasteiger partial charge on any atom is -0.384 e. The summed E-state index contributed by atoms with van der Waals surface area (Å²) in [4.78, 5) is 6.79. The first-order valence-electron chi connectivity index (χ1n) is 6.56. The van der Waals surface area contributed by atoms with Gasteiger partial charge >= 0.3 is 0 Å². The van der Waals surface area contributed by atoms with Crippen molar-refractivity contribution in [3.63, 3.8) is 0 Å². The third kappa shape index (κ3) is 4.04. The first-order chi connectivity index (χ1) is 9.22. The zero-order chi connectivity index (χ0) is 13.7. The number of ether oxygens (including phenoxy) is 1. The van der Waals surface area contributed by atoms with Gasteiger partial charge in [-0.2, -0.15) is 0 Å². The van der Waals surface area contributed by atoms with Crippen LogP contribution in [0.3, 0.4) is 0 Å². The summed E-state index contributed by atoms with van der Waals surface area (Å²) in [5.74, 6) is 6.63. The highest BCUT2D eigenvalue weighted by molar-refractivity contribution is 6.31. The van der Waals surface area contributed by atoms with Crippen LogP contribution in [-0.4, -0.2) is 36.7 Å². The standard InChI is InChI=1S/C13H21ClN4O/c1-19-9-10-3-2-6-18(7-10)8-12-11(14)4-5-13(16-12)17-15/h4-5,10H,2-3,6-9,15H2,1H3,(H,16,17). The molecule has 0 aromatic carbocycles. The van der Waals surface area contributed by atoms with Gasteiger partial charge in [0.05, 0.1) is 17.3 Å². The number of piperidine rings is 1. The van der Waals surface area contributed by atoms with Crippen molar-refractivity contribution in [1.29, 1.82) is 0 Å². The van der Waals surface area contributed by atoms with Crippen LogP contribution in [0.1, 0.15) is 18.5 Å². The Morgan fingerprint density at radius 1 is 1.58 bits per heavy atom. The van der Waals surface area contributed by atoms with E-state index in [1.165, 1.54) is 12.8 Å². The highest BCUT2D eigenvalue weighted by atomic mass is 35.5.